The second-order valence-corrected chi connectivity index (χ2v) is 3.62. The number of hydrogen-bond donors (Lipinski definition) is 1. The Morgan fingerprint density at radius 3 is 2.50 bits per heavy atom. The van der Waals surface area contributed by atoms with Crippen LogP contribution in [-0.2, 0) is 0 Å². The third kappa shape index (κ3) is 2.29. The Labute approximate surface area is 90.3 Å². The number of aromatic nitrogens is 2. The maximum absolute atomic E-state index is 4.18. The van der Waals surface area contributed by atoms with E-state index >= 15 is 0 Å². The topological polar surface area (TPSA) is 37.8 Å². The lowest BCUT2D eigenvalue weighted by atomic mass is 10.4. The zero-order valence-electron chi connectivity index (χ0n) is 7.31. The third-order valence-electron chi connectivity index (χ3n) is 1.65. The van der Waals surface area contributed by atoms with Gasteiger partial charge in [0.15, 0.2) is 0 Å². The van der Waals surface area contributed by atoms with Crippen molar-refractivity contribution in [1.29, 1.82) is 0 Å². The maximum Gasteiger partial charge on any atom is 0.131 e. The molecule has 0 saturated heterocycles. The molecule has 0 spiro atoms. The van der Waals surface area contributed by atoms with E-state index in [0.717, 1.165) is 16.1 Å². The van der Waals surface area contributed by atoms with Crippen LogP contribution >= 0.6 is 15.9 Å². The van der Waals surface area contributed by atoms with Gasteiger partial charge < -0.3 is 5.32 Å². The van der Waals surface area contributed by atoms with Crippen molar-refractivity contribution >= 4 is 27.6 Å². The minimum Gasteiger partial charge on any atom is -0.325 e. The molecular formula is C10H8BrN3. The molecule has 0 aromatic carbocycles. The van der Waals surface area contributed by atoms with Crippen LogP contribution in [0.1, 0.15) is 0 Å². The van der Waals surface area contributed by atoms with Crippen LogP contribution in [0.15, 0.2) is 47.2 Å². The molecule has 0 aliphatic rings. The van der Waals surface area contributed by atoms with Crippen molar-refractivity contribution in [2.24, 2.45) is 0 Å². The standard InChI is InChI=1S/C10H8BrN3/c11-8-4-5-10(13-7-8)14-9-3-1-2-6-12-9/h1-7H,(H,12,13,14). The monoisotopic (exact) mass is 249 g/mol. The van der Waals surface area contributed by atoms with Crippen molar-refractivity contribution in [2.45, 2.75) is 0 Å². The molecule has 4 heteroatoms. The highest BCUT2D eigenvalue weighted by atomic mass is 79.9. The van der Waals surface area contributed by atoms with Gasteiger partial charge in [0, 0.05) is 16.9 Å². The summed E-state index contributed by atoms with van der Waals surface area (Å²) in [6, 6.07) is 9.51. The first kappa shape index (κ1) is 9.15. The molecule has 0 unspecified atom stereocenters. The van der Waals surface area contributed by atoms with E-state index in [0.29, 0.717) is 0 Å². The first-order valence-electron chi connectivity index (χ1n) is 4.14. The molecule has 0 radical (unpaired) electrons. The van der Waals surface area contributed by atoms with Crippen molar-refractivity contribution in [2.75, 3.05) is 5.32 Å². The second-order valence-electron chi connectivity index (χ2n) is 2.70. The molecule has 2 rings (SSSR count). The molecule has 0 saturated carbocycles. The van der Waals surface area contributed by atoms with E-state index in [1.165, 1.54) is 0 Å². The molecule has 3 nitrogen and oxygen atoms in total. The van der Waals surface area contributed by atoms with Gasteiger partial charge in [-0.3, -0.25) is 0 Å². The van der Waals surface area contributed by atoms with Crippen molar-refractivity contribution in [3.05, 3.63) is 47.2 Å². The lowest BCUT2D eigenvalue weighted by molar-refractivity contribution is 1.24. The fourth-order valence-corrected chi connectivity index (χ4v) is 1.25. The summed E-state index contributed by atoms with van der Waals surface area (Å²) >= 11 is 3.32. The van der Waals surface area contributed by atoms with Crippen LogP contribution in [0.2, 0.25) is 0 Å². The van der Waals surface area contributed by atoms with E-state index in [9.17, 15) is 0 Å². The van der Waals surface area contributed by atoms with Crippen molar-refractivity contribution in [3.8, 4) is 0 Å². The molecule has 0 amide bonds. The van der Waals surface area contributed by atoms with E-state index in [2.05, 4.69) is 31.2 Å². The van der Waals surface area contributed by atoms with E-state index in [-0.39, 0.29) is 0 Å². The Morgan fingerprint density at radius 1 is 1.00 bits per heavy atom. The number of hydrogen-bond acceptors (Lipinski definition) is 3. The highest BCUT2D eigenvalue weighted by molar-refractivity contribution is 9.10. The minimum atomic E-state index is 0.784. The Hall–Kier alpha value is -1.42. The normalized spacial score (nSPS) is 9.79. The average Bonchev–Trinajstić information content (AvgIpc) is 2.23. The van der Waals surface area contributed by atoms with Gasteiger partial charge in [-0.05, 0) is 40.2 Å². The molecule has 0 fully saturated rings. The van der Waals surface area contributed by atoms with Crippen molar-refractivity contribution < 1.29 is 0 Å². The van der Waals surface area contributed by atoms with Crippen LogP contribution in [0.4, 0.5) is 11.6 Å². The molecule has 0 aliphatic heterocycles. The van der Waals surface area contributed by atoms with Gasteiger partial charge in [-0.25, -0.2) is 9.97 Å². The molecule has 0 atom stereocenters. The smallest absolute Gasteiger partial charge is 0.131 e. The summed E-state index contributed by atoms with van der Waals surface area (Å²) in [7, 11) is 0. The first-order valence-corrected chi connectivity index (χ1v) is 4.93. The summed E-state index contributed by atoms with van der Waals surface area (Å²) in [5.41, 5.74) is 0. The molecular weight excluding hydrogens is 242 g/mol. The fourth-order valence-electron chi connectivity index (χ4n) is 1.02. The highest BCUT2D eigenvalue weighted by Gasteiger charge is 1.94. The van der Waals surface area contributed by atoms with Gasteiger partial charge in [0.2, 0.25) is 0 Å². The van der Waals surface area contributed by atoms with E-state index in [1.54, 1.807) is 12.4 Å². The van der Waals surface area contributed by atoms with Gasteiger partial charge in [0.1, 0.15) is 11.6 Å². The van der Waals surface area contributed by atoms with E-state index in [1.807, 2.05) is 30.3 Å². The largest absolute Gasteiger partial charge is 0.325 e. The number of halogens is 1. The Bertz CT molecular complexity index is 399. The average molecular weight is 250 g/mol. The number of pyridine rings is 2. The molecule has 2 heterocycles. The summed E-state index contributed by atoms with van der Waals surface area (Å²) in [4.78, 5) is 8.31. The lowest BCUT2D eigenvalue weighted by Gasteiger charge is -2.03. The summed E-state index contributed by atoms with van der Waals surface area (Å²) < 4.78 is 0.962. The quantitative estimate of drug-likeness (QED) is 0.890. The highest BCUT2D eigenvalue weighted by Crippen LogP contribution is 2.13. The summed E-state index contributed by atoms with van der Waals surface area (Å²) in [6.45, 7) is 0. The zero-order chi connectivity index (χ0) is 9.80. The molecule has 14 heavy (non-hydrogen) atoms. The predicted molar refractivity (Wildman–Crippen MR) is 59.5 cm³/mol. The Kier molecular flexibility index (Phi) is 2.74. The van der Waals surface area contributed by atoms with Gasteiger partial charge in [0.05, 0.1) is 0 Å². The molecule has 1 N–H and O–H groups in total. The molecule has 2 aromatic heterocycles. The lowest BCUT2D eigenvalue weighted by Crippen LogP contribution is -1.94. The SMILES string of the molecule is Brc1ccc(Nc2ccccn2)nc1. The third-order valence-corrected chi connectivity index (χ3v) is 2.12. The second kappa shape index (κ2) is 4.19. The van der Waals surface area contributed by atoms with Gasteiger partial charge in [0.25, 0.3) is 0 Å². The summed E-state index contributed by atoms with van der Waals surface area (Å²) in [5.74, 6) is 1.58. The van der Waals surface area contributed by atoms with Crippen LogP contribution in [-0.4, -0.2) is 9.97 Å². The van der Waals surface area contributed by atoms with Crippen LogP contribution in [0.3, 0.4) is 0 Å². The number of rotatable bonds is 2. The van der Waals surface area contributed by atoms with Gasteiger partial charge in [-0.1, -0.05) is 6.07 Å². The zero-order valence-corrected chi connectivity index (χ0v) is 8.90. The van der Waals surface area contributed by atoms with Gasteiger partial charge in [-0.2, -0.15) is 0 Å². The molecule has 0 aliphatic carbocycles. The number of anilines is 2. The van der Waals surface area contributed by atoms with Crippen LogP contribution in [0.5, 0.6) is 0 Å². The first-order chi connectivity index (χ1) is 6.84. The van der Waals surface area contributed by atoms with Crippen molar-refractivity contribution in [1.82, 2.24) is 9.97 Å². The Morgan fingerprint density at radius 2 is 1.86 bits per heavy atom. The van der Waals surface area contributed by atoms with Crippen LogP contribution in [0, 0.1) is 0 Å². The number of nitrogens with zero attached hydrogens (tertiary/aromatic N) is 2. The summed E-state index contributed by atoms with van der Waals surface area (Å²) in [6.07, 6.45) is 3.48. The van der Waals surface area contributed by atoms with Gasteiger partial charge >= 0.3 is 0 Å². The minimum absolute atomic E-state index is 0.784. The summed E-state index contributed by atoms with van der Waals surface area (Å²) in [5, 5.41) is 3.09. The Balaban J connectivity index is 2.16. The van der Waals surface area contributed by atoms with Crippen molar-refractivity contribution in [3.63, 3.8) is 0 Å². The van der Waals surface area contributed by atoms with Gasteiger partial charge in [-0.15, -0.1) is 0 Å². The molecule has 0 bridgehead atoms. The molecule has 2 aromatic rings. The molecule has 70 valence electrons. The van der Waals surface area contributed by atoms with Crippen LogP contribution < -0.4 is 5.32 Å². The fraction of sp³-hybridized carbons (Fsp3) is 0. The number of nitrogens with one attached hydrogen (secondary N) is 1. The predicted octanol–water partition coefficient (Wildman–Crippen LogP) is 2.98. The van der Waals surface area contributed by atoms with Crippen LogP contribution in [0.25, 0.3) is 0 Å². The maximum atomic E-state index is 4.18. The van der Waals surface area contributed by atoms with E-state index in [4.69, 9.17) is 0 Å². The van der Waals surface area contributed by atoms with E-state index < -0.39 is 0 Å².